The van der Waals surface area contributed by atoms with E-state index >= 15 is 0 Å². The Morgan fingerprint density at radius 1 is 1.09 bits per heavy atom. The maximum Gasteiger partial charge on any atom is 0.223 e. The molecule has 22 heavy (non-hydrogen) atoms. The topological polar surface area (TPSA) is 32.8 Å². The highest BCUT2D eigenvalue weighted by atomic mass is 16.5. The summed E-state index contributed by atoms with van der Waals surface area (Å²) in [5.74, 6) is 1.69. The maximum atomic E-state index is 12.4. The minimum absolute atomic E-state index is 0.363. The van der Waals surface area contributed by atoms with Crippen LogP contribution in [0.4, 0.5) is 0 Å². The molecule has 128 valence electrons. The Bertz CT molecular complexity index is 319. The lowest BCUT2D eigenvalue weighted by atomic mass is 9.86. The molecule has 1 amide bonds. The summed E-state index contributed by atoms with van der Waals surface area (Å²) in [6.07, 6.45) is 8.31. The summed E-state index contributed by atoms with van der Waals surface area (Å²) in [4.78, 5) is 17.0. The van der Waals surface area contributed by atoms with Crippen molar-refractivity contribution in [3.05, 3.63) is 0 Å². The zero-order valence-corrected chi connectivity index (χ0v) is 14.6. The summed E-state index contributed by atoms with van der Waals surface area (Å²) >= 11 is 0. The number of carbonyl (C=O) groups excluding carboxylic acids is 1. The first kappa shape index (κ1) is 17.7. The van der Waals surface area contributed by atoms with E-state index in [1.807, 2.05) is 0 Å². The SMILES string of the molecule is COC[C@@H](C)C1CCN(C(=O)CCN2CCCCCC2)CC1. The summed E-state index contributed by atoms with van der Waals surface area (Å²) in [6, 6.07) is 0. The van der Waals surface area contributed by atoms with E-state index < -0.39 is 0 Å². The molecule has 2 heterocycles. The van der Waals surface area contributed by atoms with Crippen LogP contribution in [0, 0.1) is 11.8 Å². The van der Waals surface area contributed by atoms with E-state index in [2.05, 4.69) is 16.7 Å². The second kappa shape index (κ2) is 9.51. The molecule has 2 saturated heterocycles. The molecule has 2 aliphatic heterocycles. The molecule has 2 rings (SSSR count). The monoisotopic (exact) mass is 310 g/mol. The van der Waals surface area contributed by atoms with Gasteiger partial charge >= 0.3 is 0 Å². The van der Waals surface area contributed by atoms with Crippen molar-refractivity contribution in [1.29, 1.82) is 0 Å². The number of likely N-dealkylation sites (tertiary alicyclic amines) is 2. The number of hydrogen-bond donors (Lipinski definition) is 0. The summed E-state index contributed by atoms with van der Waals surface area (Å²) in [7, 11) is 1.78. The zero-order valence-electron chi connectivity index (χ0n) is 14.6. The first-order valence-corrected chi connectivity index (χ1v) is 9.19. The van der Waals surface area contributed by atoms with Crippen LogP contribution >= 0.6 is 0 Å². The predicted molar refractivity (Wildman–Crippen MR) is 89.9 cm³/mol. The minimum Gasteiger partial charge on any atom is -0.384 e. The first-order valence-electron chi connectivity index (χ1n) is 9.19. The standard InChI is InChI=1S/C18H34N2O2/c1-16(15-22-2)17-7-13-20(14-8-17)18(21)9-12-19-10-5-3-4-6-11-19/h16-17H,3-15H2,1-2H3/t16-/m1/s1. The molecule has 2 aliphatic rings. The Balaban J connectivity index is 1.66. The molecule has 2 fully saturated rings. The number of carbonyl (C=O) groups is 1. The van der Waals surface area contributed by atoms with Gasteiger partial charge in [-0.05, 0) is 50.6 Å². The minimum atomic E-state index is 0.363. The average molecular weight is 310 g/mol. The van der Waals surface area contributed by atoms with E-state index in [0.29, 0.717) is 18.2 Å². The number of nitrogens with zero attached hydrogens (tertiary/aromatic N) is 2. The highest BCUT2D eigenvalue weighted by molar-refractivity contribution is 5.76. The fourth-order valence-electron chi connectivity index (χ4n) is 3.89. The molecule has 0 saturated carbocycles. The second-order valence-electron chi connectivity index (χ2n) is 7.16. The number of methoxy groups -OCH3 is 1. The molecule has 4 nitrogen and oxygen atoms in total. The number of amides is 1. The third kappa shape index (κ3) is 5.54. The van der Waals surface area contributed by atoms with Crippen LogP contribution in [0.2, 0.25) is 0 Å². The van der Waals surface area contributed by atoms with Crippen molar-refractivity contribution in [2.75, 3.05) is 46.4 Å². The fourth-order valence-corrected chi connectivity index (χ4v) is 3.89. The van der Waals surface area contributed by atoms with Crippen molar-refractivity contribution in [1.82, 2.24) is 9.80 Å². The van der Waals surface area contributed by atoms with Crippen LogP contribution in [0.1, 0.15) is 51.9 Å². The Hall–Kier alpha value is -0.610. The lowest BCUT2D eigenvalue weighted by Gasteiger charge is -2.35. The van der Waals surface area contributed by atoms with Crippen molar-refractivity contribution < 1.29 is 9.53 Å². The van der Waals surface area contributed by atoms with Crippen molar-refractivity contribution in [2.24, 2.45) is 11.8 Å². The first-order chi connectivity index (χ1) is 10.7. The van der Waals surface area contributed by atoms with Gasteiger partial charge < -0.3 is 14.5 Å². The summed E-state index contributed by atoms with van der Waals surface area (Å²) in [5, 5.41) is 0. The van der Waals surface area contributed by atoms with Gasteiger partial charge in [0.15, 0.2) is 0 Å². The van der Waals surface area contributed by atoms with Gasteiger partial charge in [-0.15, -0.1) is 0 Å². The maximum absolute atomic E-state index is 12.4. The van der Waals surface area contributed by atoms with Crippen LogP contribution in [0.5, 0.6) is 0 Å². The molecule has 0 unspecified atom stereocenters. The number of piperidine rings is 1. The summed E-state index contributed by atoms with van der Waals surface area (Å²) < 4.78 is 5.26. The summed E-state index contributed by atoms with van der Waals surface area (Å²) in [6.45, 7) is 8.32. The fraction of sp³-hybridized carbons (Fsp3) is 0.944. The van der Waals surface area contributed by atoms with E-state index in [1.54, 1.807) is 7.11 Å². The highest BCUT2D eigenvalue weighted by Gasteiger charge is 2.26. The molecule has 0 spiro atoms. The van der Waals surface area contributed by atoms with Crippen LogP contribution in [-0.4, -0.2) is 62.1 Å². The van der Waals surface area contributed by atoms with E-state index in [-0.39, 0.29) is 0 Å². The Morgan fingerprint density at radius 2 is 1.73 bits per heavy atom. The van der Waals surface area contributed by atoms with E-state index in [9.17, 15) is 4.79 Å². The molecule has 1 atom stereocenters. The van der Waals surface area contributed by atoms with Crippen molar-refractivity contribution >= 4 is 5.91 Å². The number of hydrogen-bond acceptors (Lipinski definition) is 3. The van der Waals surface area contributed by atoms with Crippen molar-refractivity contribution in [3.63, 3.8) is 0 Å². The van der Waals surface area contributed by atoms with Gasteiger partial charge in [-0.25, -0.2) is 0 Å². The molecule has 0 aromatic rings. The highest BCUT2D eigenvalue weighted by Crippen LogP contribution is 2.25. The van der Waals surface area contributed by atoms with Gasteiger partial charge in [0, 0.05) is 39.8 Å². The van der Waals surface area contributed by atoms with Crippen LogP contribution in [0.3, 0.4) is 0 Å². The normalized spacial score (nSPS) is 23.3. The summed E-state index contributed by atoms with van der Waals surface area (Å²) in [5.41, 5.74) is 0. The molecule has 0 aliphatic carbocycles. The Kier molecular flexibility index (Phi) is 7.67. The van der Waals surface area contributed by atoms with E-state index in [0.717, 1.165) is 45.0 Å². The van der Waals surface area contributed by atoms with Gasteiger partial charge in [0.05, 0.1) is 0 Å². The van der Waals surface area contributed by atoms with Crippen molar-refractivity contribution in [3.8, 4) is 0 Å². The predicted octanol–water partition coefficient (Wildman–Crippen LogP) is 2.77. The average Bonchev–Trinajstić information content (AvgIpc) is 2.82. The zero-order chi connectivity index (χ0) is 15.8. The van der Waals surface area contributed by atoms with Gasteiger partial charge in [-0.2, -0.15) is 0 Å². The van der Waals surface area contributed by atoms with Crippen LogP contribution in [0.25, 0.3) is 0 Å². The molecule has 4 heteroatoms. The molecule has 0 bridgehead atoms. The lowest BCUT2D eigenvalue weighted by molar-refractivity contribution is -0.133. The number of rotatable bonds is 6. The van der Waals surface area contributed by atoms with Crippen molar-refractivity contribution in [2.45, 2.75) is 51.9 Å². The van der Waals surface area contributed by atoms with E-state index in [4.69, 9.17) is 4.74 Å². The second-order valence-corrected chi connectivity index (χ2v) is 7.16. The van der Waals surface area contributed by atoms with Gasteiger partial charge in [0.2, 0.25) is 5.91 Å². The lowest BCUT2D eigenvalue weighted by Crippen LogP contribution is -2.41. The molecule has 0 radical (unpaired) electrons. The van der Waals surface area contributed by atoms with E-state index in [1.165, 1.54) is 38.8 Å². The van der Waals surface area contributed by atoms with Gasteiger partial charge in [0.25, 0.3) is 0 Å². The molecule has 0 aromatic heterocycles. The van der Waals surface area contributed by atoms with Crippen LogP contribution in [-0.2, 0) is 9.53 Å². The smallest absolute Gasteiger partial charge is 0.223 e. The Labute approximate surface area is 136 Å². The van der Waals surface area contributed by atoms with Crippen LogP contribution < -0.4 is 0 Å². The van der Waals surface area contributed by atoms with Crippen LogP contribution in [0.15, 0.2) is 0 Å². The third-order valence-electron chi connectivity index (χ3n) is 5.47. The van der Waals surface area contributed by atoms with Gasteiger partial charge in [-0.3, -0.25) is 4.79 Å². The molecule has 0 aromatic carbocycles. The molecular formula is C18H34N2O2. The largest absolute Gasteiger partial charge is 0.384 e. The molecule has 0 N–H and O–H groups in total. The number of ether oxygens (including phenoxy) is 1. The van der Waals surface area contributed by atoms with Gasteiger partial charge in [-0.1, -0.05) is 19.8 Å². The Morgan fingerprint density at radius 3 is 2.32 bits per heavy atom. The quantitative estimate of drug-likeness (QED) is 0.756. The third-order valence-corrected chi connectivity index (χ3v) is 5.47. The molecular weight excluding hydrogens is 276 g/mol. The van der Waals surface area contributed by atoms with Gasteiger partial charge in [0.1, 0.15) is 0 Å².